The molecule has 2 fully saturated rings. The van der Waals surface area contributed by atoms with E-state index in [4.69, 9.17) is 9.73 Å². The fraction of sp³-hybridized carbons (Fsp3) is 0.682. The summed E-state index contributed by atoms with van der Waals surface area (Å²) in [6.45, 7) is 11.9. The van der Waals surface area contributed by atoms with Gasteiger partial charge in [0.25, 0.3) is 0 Å². The monoisotopic (exact) mass is 515 g/mol. The van der Waals surface area contributed by atoms with E-state index >= 15 is 0 Å². The first-order valence-electron chi connectivity index (χ1n) is 10.7. The van der Waals surface area contributed by atoms with E-state index in [9.17, 15) is 0 Å². The number of nitrogens with one attached hydrogen (secondary N) is 1. The van der Waals surface area contributed by atoms with E-state index in [-0.39, 0.29) is 30.0 Å². The van der Waals surface area contributed by atoms with Crippen LogP contribution in [-0.4, -0.2) is 93.3 Å². The summed E-state index contributed by atoms with van der Waals surface area (Å²) in [6.07, 6.45) is 1.21. The highest BCUT2D eigenvalue weighted by molar-refractivity contribution is 14.0. The standard InChI is InChI=1S/C22H37N5O.HI/c1-5-23-22(27-11-10-20(17-27)26-12-14-28-15-13-26)24-16-21(25(3)4)19-8-6-18(2)7-9-19;/h6-9,20-21H,5,10-17H2,1-4H3,(H,23,24);1H. The van der Waals surface area contributed by atoms with Gasteiger partial charge in [-0.3, -0.25) is 9.89 Å². The highest BCUT2D eigenvalue weighted by Gasteiger charge is 2.30. The second kappa shape index (κ2) is 12.1. The number of likely N-dealkylation sites (N-methyl/N-ethyl adjacent to an activating group) is 1. The number of aryl methyl sites for hydroxylation is 1. The molecule has 0 spiro atoms. The lowest BCUT2D eigenvalue weighted by atomic mass is 10.0. The molecule has 2 aliphatic heterocycles. The molecule has 0 aliphatic carbocycles. The van der Waals surface area contributed by atoms with Crippen LogP contribution < -0.4 is 5.32 Å². The molecule has 2 heterocycles. The number of hydrogen-bond acceptors (Lipinski definition) is 4. The number of morpholine rings is 1. The zero-order valence-electron chi connectivity index (χ0n) is 18.4. The van der Waals surface area contributed by atoms with Crippen molar-refractivity contribution in [2.75, 3.05) is 66.6 Å². The maximum absolute atomic E-state index is 5.51. The zero-order valence-corrected chi connectivity index (χ0v) is 20.8. The van der Waals surface area contributed by atoms with E-state index in [1.807, 2.05) is 0 Å². The average Bonchev–Trinajstić information content (AvgIpc) is 3.19. The van der Waals surface area contributed by atoms with Gasteiger partial charge in [-0.15, -0.1) is 24.0 Å². The molecule has 3 rings (SSSR count). The maximum Gasteiger partial charge on any atom is 0.194 e. The summed E-state index contributed by atoms with van der Waals surface area (Å²) in [7, 11) is 4.27. The van der Waals surface area contributed by atoms with Crippen molar-refractivity contribution in [3.8, 4) is 0 Å². The Morgan fingerprint density at radius 1 is 1.21 bits per heavy atom. The van der Waals surface area contributed by atoms with Gasteiger partial charge in [0.1, 0.15) is 0 Å². The van der Waals surface area contributed by atoms with E-state index in [1.165, 1.54) is 17.5 Å². The number of ether oxygens (including phenoxy) is 1. The fourth-order valence-electron chi connectivity index (χ4n) is 4.13. The predicted octanol–water partition coefficient (Wildman–Crippen LogP) is 2.59. The lowest BCUT2D eigenvalue weighted by Gasteiger charge is -2.32. The van der Waals surface area contributed by atoms with Crippen LogP contribution in [0, 0.1) is 6.92 Å². The molecule has 1 N–H and O–H groups in total. The molecule has 7 heteroatoms. The maximum atomic E-state index is 5.51. The summed E-state index contributed by atoms with van der Waals surface area (Å²) in [5.74, 6) is 1.05. The minimum Gasteiger partial charge on any atom is -0.379 e. The normalized spacial score (nSPS) is 21.9. The van der Waals surface area contributed by atoms with E-state index in [0.717, 1.165) is 58.4 Å². The Morgan fingerprint density at radius 2 is 1.90 bits per heavy atom. The van der Waals surface area contributed by atoms with Crippen LogP contribution in [0.4, 0.5) is 0 Å². The van der Waals surface area contributed by atoms with Gasteiger partial charge < -0.3 is 19.9 Å². The van der Waals surface area contributed by atoms with Gasteiger partial charge in [0.15, 0.2) is 5.96 Å². The molecule has 0 aromatic heterocycles. The Bertz CT molecular complexity index is 631. The first-order valence-corrected chi connectivity index (χ1v) is 10.7. The summed E-state index contributed by atoms with van der Waals surface area (Å²) in [5.41, 5.74) is 2.62. The molecule has 1 aromatic carbocycles. The van der Waals surface area contributed by atoms with Crippen molar-refractivity contribution in [2.24, 2.45) is 4.99 Å². The Kier molecular flexibility index (Phi) is 10.1. The average molecular weight is 515 g/mol. The van der Waals surface area contributed by atoms with Crippen LogP contribution in [0.3, 0.4) is 0 Å². The third kappa shape index (κ3) is 6.80. The molecule has 2 atom stereocenters. The number of benzene rings is 1. The largest absolute Gasteiger partial charge is 0.379 e. The number of likely N-dealkylation sites (tertiary alicyclic amines) is 1. The lowest BCUT2D eigenvalue weighted by molar-refractivity contribution is 0.0195. The molecule has 2 saturated heterocycles. The SMILES string of the molecule is CCNC(=NCC(c1ccc(C)cc1)N(C)C)N1CCC(N2CCOCC2)C1.I. The first kappa shape index (κ1) is 24.4. The Morgan fingerprint density at radius 3 is 2.52 bits per heavy atom. The highest BCUT2D eigenvalue weighted by Crippen LogP contribution is 2.21. The summed E-state index contributed by atoms with van der Waals surface area (Å²) in [6, 6.07) is 9.74. The minimum atomic E-state index is 0. The highest BCUT2D eigenvalue weighted by atomic mass is 127. The zero-order chi connectivity index (χ0) is 19.9. The second-order valence-corrected chi connectivity index (χ2v) is 8.12. The molecular weight excluding hydrogens is 477 g/mol. The van der Waals surface area contributed by atoms with Gasteiger partial charge in [0.05, 0.1) is 25.8 Å². The number of halogens is 1. The lowest BCUT2D eigenvalue weighted by Crippen LogP contribution is -2.46. The van der Waals surface area contributed by atoms with Crippen LogP contribution in [0.15, 0.2) is 29.3 Å². The topological polar surface area (TPSA) is 43.3 Å². The van der Waals surface area contributed by atoms with Crippen LogP contribution in [0.1, 0.15) is 30.5 Å². The van der Waals surface area contributed by atoms with E-state index in [1.54, 1.807) is 0 Å². The molecule has 0 radical (unpaired) electrons. The van der Waals surface area contributed by atoms with E-state index in [0.29, 0.717) is 6.04 Å². The third-order valence-electron chi connectivity index (χ3n) is 5.86. The van der Waals surface area contributed by atoms with Gasteiger partial charge in [-0.05, 0) is 39.9 Å². The third-order valence-corrected chi connectivity index (χ3v) is 5.86. The summed E-state index contributed by atoms with van der Waals surface area (Å²) in [5, 5.41) is 3.52. The molecule has 0 bridgehead atoms. The number of aliphatic imine (C=N–C) groups is 1. The van der Waals surface area contributed by atoms with Crippen molar-refractivity contribution in [3.63, 3.8) is 0 Å². The first-order chi connectivity index (χ1) is 13.6. The van der Waals surface area contributed by atoms with Crippen molar-refractivity contribution in [1.82, 2.24) is 20.0 Å². The van der Waals surface area contributed by atoms with Crippen molar-refractivity contribution in [3.05, 3.63) is 35.4 Å². The van der Waals surface area contributed by atoms with Gasteiger partial charge in [-0.2, -0.15) is 0 Å². The second-order valence-electron chi connectivity index (χ2n) is 8.12. The molecular formula is C22H38IN5O. The number of nitrogens with zero attached hydrogens (tertiary/aromatic N) is 4. The summed E-state index contributed by atoms with van der Waals surface area (Å²) in [4.78, 5) is 12.3. The van der Waals surface area contributed by atoms with Crippen LogP contribution in [0.25, 0.3) is 0 Å². The number of hydrogen-bond donors (Lipinski definition) is 1. The van der Waals surface area contributed by atoms with Gasteiger partial charge in [-0.1, -0.05) is 29.8 Å². The summed E-state index contributed by atoms with van der Waals surface area (Å²) < 4.78 is 5.51. The Hall–Kier alpha value is -0.900. The van der Waals surface area contributed by atoms with Crippen molar-refractivity contribution >= 4 is 29.9 Å². The Balaban J connectivity index is 0.00000300. The number of guanidine groups is 1. The quantitative estimate of drug-likeness (QED) is 0.359. The van der Waals surface area contributed by atoms with E-state index in [2.05, 4.69) is 72.2 Å². The van der Waals surface area contributed by atoms with Crippen LogP contribution in [0.2, 0.25) is 0 Å². The van der Waals surface area contributed by atoms with Crippen LogP contribution in [-0.2, 0) is 4.74 Å². The van der Waals surface area contributed by atoms with Crippen molar-refractivity contribution in [1.29, 1.82) is 0 Å². The smallest absolute Gasteiger partial charge is 0.194 e. The molecule has 2 aliphatic rings. The fourth-order valence-corrected chi connectivity index (χ4v) is 4.13. The van der Waals surface area contributed by atoms with Gasteiger partial charge in [-0.25, -0.2) is 0 Å². The molecule has 1 aromatic rings. The van der Waals surface area contributed by atoms with Gasteiger partial charge in [0.2, 0.25) is 0 Å². The molecule has 2 unspecified atom stereocenters. The van der Waals surface area contributed by atoms with Gasteiger partial charge >= 0.3 is 0 Å². The molecule has 0 amide bonds. The van der Waals surface area contributed by atoms with E-state index < -0.39 is 0 Å². The predicted molar refractivity (Wildman–Crippen MR) is 131 cm³/mol. The Labute approximate surface area is 193 Å². The molecule has 6 nitrogen and oxygen atoms in total. The van der Waals surface area contributed by atoms with Gasteiger partial charge in [0, 0.05) is 38.8 Å². The molecule has 164 valence electrons. The van der Waals surface area contributed by atoms with Crippen molar-refractivity contribution < 1.29 is 4.74 Å². The molecule has 29 heavy (non-hydrogen) atoms. The van der Waals surface area contributed by atoms with Crippen LogP contribution in [0.5, 0.6) is 0 Å². The molecule has 0 saturated carbocycles. The number of rotatable bonds is 6. The summed E-state index contributed by atoms with van der Waals surface area (Å²) >= 11 is 0. The van der Waals surface area contributed by atoms with Crippen LogP contribution >= 0.6 is 24.0 Å². The minimum absolute atomic E-state index is 0. The van der Waals surface area contributed by atoms with Crippen molar-refractivity contribution in [2.45, 2.75) is 32.4 Å².